The predicted octanol–water partition coefficient (Wildman–Crippen LogP) is 4.08. The first kappa shape index (κ1) is 18.1. The van der Waals surface area contributed by atoms with Crippen molar-refractivity contribution in [1.29, 1.82) is 0 Å². The Labute approximate surface area is 156 Å². The zero-order chi connectivity index (χ0) is 19.4. The summed E-state index contributed by atoms with van der Waals surface area (Å²) >= 11 is 0. The van der Waals surface area contributed by atoms with Crippen LogP contribution in [0.15, 0.2) is 66.7 Å². The Morgan fingerprint density at radius 2 is 1.81 bits per heavy atom. The Bertz CT molecular complexity index is 1000. The zero-order valence-corrected chi connectivity index (χ0v) is 14.8. The number of aryl methyl sites for hydroxylation is 1. The van der Waals surface area contributed by atoms with Crippen LogP contribution in [0.4, 0.5) is 11.4 Å². The highest BCUT2D eigenvalue weighted by atomic mass is 16.6. The number of nitro benzene ring substituents is 1. The van der Waals surface area contributed by atoms with Gasteiger partial charge in [-0.3, -0.25) is 14.9 Å². The lowest BCUT2D eigenvalue weighted by molar-refractivity contribution is -0.384. The van der Waals surface area contributed by atoms with Crippen LogP contribution in [0.3, 0.4) is 0 Å². The van der Waals surface area contributed by atoms with Crippen molar-refractivity contribution in [2.45, 2.75) is 13.5 Å². The SMILES string of the molecule is Cc1cc(-c2cccc(C(=O)NCc3ccccc3)c2N)cc([N+](=O)[O-])c1. The van der Waals surface area contributed by atoms with Gasteiger partial charge in [0.05, 0.1) is 16.2 Å². The predicted molar refractivity (Wildman–Crippen MR) is 105 cm³/mol. The van der Waals surface area contributed by atoms with E-state index in [1.807, 2.05) is 36.4 Å². The number of nitrogen functional groups attached to an aromatic ring is 1. The van der Waals surface area contributed by atoms with Crippen molar-refractivity contribution in [3.05, 3.63) is 93.5 Å². The summed E-state index contributed by atoms with van der Waals surface area (Å²) in [6.45, 7) is 2.17. The molecule has 0 aliphatic rings. The first-order chi connectivity index (χ1) is 13.0. The van der Waals surface area contributed by atoms with Gasteiger partial charge < -0.3 is 11.1 Å². The van der Waals surface area contributed by atoms with E-state index in [1.165, 1.54) is 12.1 Å². The van der Waals surface area contributed by atoms with Crippen LogP contribution in [0, 0.1) is 17.0 Å². The van der Waals surface area contributed by atoms with Crippen molar-refractivity contribution in [2.75, 3.05) is 5.73 Å². The van der Waals surface area contributed by atoms with Gasteiger partial charge in [0.15, 0.2) is 0 Å². The van der Waals surface area contributed by atoms with Crippen molar-refractivity contribution in [3.63, 3.8) is 0 Å². The number of rotatable bonds is 5. The lowest BCUT2D eigenvalue weighted by atomic mass is 9.98. The molecule has 1 amide bonds. The number of non-ortho nitro benzene ring substituents is 1. The topological polar surface area (TPSA) is 98.3 Å². The first-order valence-corrected chi connectivity index (χ1v) is 8.43. The van der Waals surface area contributed by atoms with Crippen LogP contribution in [0.25, 0.3) is 11.1 Å². The highest BCUT2D eigenvalue weighted by Gasteiger charge is 2.16. The van der Waals surface area contributed by atoms with Gasteiger partial charge in [-0.1, -0.05) is 48.5 Å². The van der Waals surface area contributed by atoms with Gasteiger partial charge in [0, 0.05) is 24.2 Å². The van der Waals surface area contributed by atoms with Crippen LogP contribution >= 0.6 is 0 Å². The van der Waals surface area contributed by atoms with Crippen LogP contribution < -0.4 is 11.1 Å². The molecular weight excluding hydrogens is 342 g/mol. The Hall–Kier alpha value is -3.67. The molecular formula is C21H19N3O3. The van der Waals surface area contributed by atoms with E-state index in [0.717, 1.165) is 11.1 Å². The van der Waals surface area contributed by atoms with Crippen molar-refractivity contribution >= 4 is 17.3 Å². The number of hydrogen-bond donors (Lipinski definition) is 2. The highest BCUT2D eigenvalue weighted by Crippen LogP contribution is 2.32. The van der Waals surface area contributed by atoms with Crippen LogP contribution in [0.2, 0.25) is 0 Å². The molecule has 0 atom stereocenters. The molecule has 136 valence electrons. The summed E-state index contributed by atoms with van der Waals surface area (Å²) in [5.41, 5.74) is 9.78. The summed E-state index contributed by atoms with van der Waals surface area (Å²) in [6, 6.07) is 19.4. The molecule has 6 nitrogen and oxygen atoms in total. The lowest BCUT2D eigenvalue weighted by Crippen LogP contribution is -2.24. The summed E-state index contributed by atoms with van der Waals surface area (Å²) in [5, 5.41) is 14.0. The molecule has 0 aromatic heterocycles. The van der Waals surface area contributed by atoms with Gasteiger partial charge in [-0.25, -0.2) is 0 Å². The maximum atomic E-state index is 12.6. The number of hydrogen-bond acceptors (Lipinski definition) is 4. The molecule has 0 spiro atoms. The molecule has 0 heterocycles. The van der Waals surface area contributed by atoms with Crippen LogP contribution in [-0.4, -0.2) is 10.8 Å². The first-order valence-electron chi connectivity index (χ1n) is 8.43. The molecule has 0 bridgehead atoms. The van der Waals surface area contributed by atoms with E-state index in [1.54, 1.807) is 25.1 Å². The van der Waals surface area contributed by atoms with Crippen LogP contribution in [-0.2, 0) is 6.54 Å². The number of nitrogens with two attached hydrogens (primary N) is 1. The minimum absolute atomic E-state index is 0.0108. The maximum Gasteiger partial charge on any atom is 0.270 e. The van der Waals surface area contributed by atoms with Gasteiger partial charge in [0.1, 0.15) is 0 Å². The second-order valence-corrected chi connectivity index (χ2v) is 6.25. The van der Waals surface area contributed by atoms with Gasteiger partial charge in [-0.05, 0) is 29.7 Å². The number of amides is 1. The van der Waals surface area contributed by atoms with Crippen molar-refractivity contribution in [3.8, 4) is 11.1 Å². The third-order valence-electron chi connectivity index (χ3n) is 4.23. The summed E-state index contributed by atoms with van der Waals surface area (Å²) in [7, 11) is 0. The number of carbonyl (C=O) groups excluding carboxylic acids is 1. The normalized spacial score (nSPS) is 10.4. The number of nitro groups is 1. The van der Waals surface area contributed by atoms with Gasteiger partial charge >= 0.3 is 0 Å². The monoisotopic (exact) mass is 361 g/mol. The molecule has 0 saturated heterocycles. The third kappa shape index (κ3) is 4.12. The molecule has 0 unspecified atom stereocenters. The molecule has 0 saturated carbocycles. The van der Waals surface area contributed by atoms with E-state index < -0.39 is 4.92 Å². The number of carbonyl (C=O) groups is 1. The molecule has 0 radical (unpaired) electrons. The average Bonchev–Trinajstić information content (AvgIpc) is 2.66. The second-order valence-electron chi connectivity index (χ2n) is 6.25. The standard InChI is InChI=1S/C21H19N3O3/c1-14-10-16(12-17(11-14)24(26)27)18-8-5-9-19(20(18)22)21(25)23-13-15-6-3-2-4-7-15/h2-12H,13,22H2,1H3,(H,23,25). The zero-order valence-electron chi connectivity index (χ0n) is 14.8. The summed E-state index contributed by atoms with van der Waals surface area (Å²) in [6.07, 6.45) is 0. The van der Waals surface area contributed by atoms with Crippen LogP contribution in [0.1, 0.15) is 21.5 Å². The summed E-state index contributed by atoms with van der Waals surface area (Å²) in [5.74, 6) is -0.291. The fraction of sp³-hybridized carbons (Fsp3) is 0.0952. The molecule has 3 aromatic rings. The smallest absolute Gasteiger partial charge is 0.270 e. The Morgan fingerprint density at radius 1 is 1.07 bits per heavy atom. The number of nitrogens with zero attached hydrogens (tertiary/aromatic N) is 1. The minimum atomic E-state index is -0.441. The van der Waals surface area contributed by atoms with E-state index in [-0.39, 0.29) is 11.6 Å². The quantitative estimate of drug-likeness (QED) is 0.406. The van der Waals surface area contributed by atoms with E-state index in [9.17, 15) is 14.9 Å². The Balaban J connectivity index is 1.90. The van der Waals surface area contributed by atoms with E-state index in [4.69, 9.17) is 5.73 Å². The van der Waals surface area contributed by atoms with Gasteiger partial charge in [0.2, 0.25) is 0 Å². The van der Waals surface area contributed by atoms with Gasteiger partial charge in [-0.15, -0.1) is 0 Å². The Kier molecular flexibility index (Phi) is 5.17. The lowest BCUT2D eigenvalue weighted by Gasteiger charge is -2.12. The van der Waals surface area contributed by atoms with Gasteiger partial charge in [0.25, 0.3) is 11.6 Å². The minimum Gasteiger partial charge on any atom is -0.398 e. The fourth-order valence-electron chi connectivity index (χ4n) is 2.91. The number of nitrogens with one attached hydrogen (secondary N) is 1. The largest absolute Gasteiger partial charge is 0.398 e. The molecule has 0 aliphatic heterocycles. The molecule has 6 heteroatoms. The molecule has 27 heavy (non-hydrogen) atoms. The molecule has 0 fully saturated rings. The maximum absolute atomic E-state index is 12.6. The van der Waals surface area contributed by atoms with E-state index in [2.05, 4.69) is 5.32 Å². The summed E-state index contributed by atoms with van der Waals surface area (Å²) in [4.78, 5) is 23.3. The van der Waals surface area contributed by atoms with Crippen molar-refractivity contribution < 1.29 is 9.72 Å². The number of para-hydroxylation sites is 1. The number of anilines is 1. The summed E-state index contributed by atoms with van der Waals surface area (Å²) < 4.78 is 0. The molecule has 0 aliphatic carbocycles. The van der Waals surface area contributed by atoms with E-state index in [0.29, 0.717) is 28.9 Å². The molecule has 3 N–H and O–H groups in total. The molecule has 3 aromatic carbocycles. The number of benzene rings is 3. The third-order valence-corrected chi connectivity index (χ3v) is 4.23. The van der Waals surface area contributed by atoms with Crippen molar-refractivity contribution in [1.82, 2.24) is 5.32 Å². The Morgan fingerprint density at radius 3 is 2.52 bits per heavy atom. The van der Waals surface area contributed by atoms with Crippen molar-refractivity contribution in [2.24, 2.45) is 0 Å². The van der Waals surface area contributed by atoms with E-state index >= 15 is 0 Å². The fourth-order valence-corrected chi connectivity index (χ4v) is 2.91. The second kappa shape index (κ2) is 7.70. The molecule has 3 rings (SSSR count). The van der Waals surface area contributed by atoms with Gasteiger partial charge in [-0.2, -0.15) is 0 Å². The average molecular weight is 361 g/mol. The van der Waals surface area contributed by atoms with Crippen LogP contribution in [0.5, 0.6) is 0 Å². The highest BCUT2D eigenvalue weighted by molar-refractivity contribution is 6.02.